The number of carbonyl (C=O) groups excluding carboxylic acids is 1. The lowest BCUT2D eigenvalue weighted by atomic mass is 10.1. The zero-order chi connectivity index (χ0) is 15.2. The number of carboxylic acids is 1. The molecule has 2 rings (SSSR count). The van der Waals surface area contributed by atoms with Gasteiger partial charge in [-0.25, -0.2) is 9.18 Å². The van der Waals surface area contributed by atoms with Gasteiger partial charge in [0, 0.05) is 31.3 Å². The molecular formula is C15H17FN2O3. The van der Waals surface area contributed by atoms with Crippen molar-refractivity contribution in [3.63, 3.8) is 0 Å². The number of halogens is 1. The third-order valence-electron chi connectivity index (χ3n) is 3.21. The standard InChI is InChI=1S/C15H17FN2O3/c16-13-4-2-11(8-12(13)3-5-15(20)21)9-18-7-1-6-17-14(19)10-18/h2-5,8H,1,6-7,9-10H2,(H,17,19)(H,20,21). The average molecular weight is 292 g/mol. The molecule has 0 unspecified atom stereocenters. The maximum atomic E-state index is 13.6. The highest BCUT2D eigenvalue weighted by molar-refractivity contribution is 5.85. The van der Waals surface area contributed by atoms with E-state index in [1.807, 2.05) is 4.90 Å². The van der Waals surface area contributed by atoms with E-state index >= 15 is 0 Å². The maximum absolute atomic E-state index is 13.6. The van der Waals surface area contributed by atoms with Gasteiger partial charge in [0.1, 0.15) is 5.82 Å². The normalized spacial score (nSPS) is 16.7. The Kier molecular flexibility index (Phi) is 5.05. The van der Waals surface area contributed by atoms with Crippen molar-refractivity contribution in [3.8, 4) is 0 Å². The van der Waals surface area contributed by atoms with Gasteiger partial charge in [-0.1, -0.05) is 6.07 Å². The van der Waals surface area contributed by atoms with Gasteiger partial charge in [-0.2, -0.15) is 0 Å². The molecule has 1 heterocycles. The highest BCUT2D eigenvalue weighted by Gasteiger charge is 2.15. The van der Waals surface area contributed by atoms with Crippen molar-refractivity contribution in [3.05, 3.63) is 41.2 Å². The second-order valence-electron chi connectivity index (χ2n) is 4.94. The van der Waals surface area contributed by atoms with Gasteiger partial charge in [0.15, 0.2) is 0 Å². The van der Waals surface area contributed by atoms with Crippen LogP contribution >= 0.6 is 0 Å². The number of rotatable bonds is 4. The SMILES string of the molecule is O=C(O)C=Cc1cc(CN2CCCNC(=O)C2)ccc1F. The van der Waals surface area contributed by atoms with E-state index in [9.17, 15) is 14.0 Å². The average Bonchev–Trinajstić information content (AvgIpc) is 2.63. The van der Waals surface area contributed by atoms with Crippen LogP contribution in [0.15, 0.2) is 24.3 Å². The summed E-state index contributed by atoms with van der Waals surface area (Å²) in [5, 5.41) is 11.4. The van der Waals surface area contributed by atoms with E-state index in [2.05, 4.69) is 5.32 Å². The molecule has 1 saturated heterocycles. The van der Waals surface area contributed by atoms with Crippen LogP contribution in [0.3, 0.4) is 0 Å². The molecule has 0 radical (unpaired) electrons. The van der Waals surface area contributed by atoms with Gasteiger partial charge in [-0.3, -0.25) is 9.69 Å². The smallest absolute Gasteiger partial charge is 0.328 e. The minimum atomic E-state index is -1.12. The largest absolute Gasteiger partial charge is 0.478 e. The van der Waals surface area contributed by atoms with Crippen LogP contribution in [0.25, 0.3) is 6.08 Å². The van der Waals surface area contributed by atoms with Crippen LogP contribution < -0.4 is 5.32 Å². The number of carbonyl (C=O) groups is 2. The molecule has 21 heavy (non-hydrogen) atoms. The Morgan fingerprint density at radius 1 is 1.48 bits per heavy atom. The van der Waals surface area contributed by atoms with Crippen LogP contribution in [-0.4, -0.2) is 41.5 Å². The summed E-state index contributed by atoms with van der Waals surface area (Å²) in [7, 11) is 0. The Bertz CT molecular complexity index is 572. The summed E-state index contributed by atoms with van der Waals surface area (Å²) in [5.74, 6) is -1.60. The van der Waals surface area contributed by atoms with Crippen LogP contribution in [0, 0.1) is 5.82 Å². The van der Waals surface area contributed by atoms with Gasteiger partial charge in [-0.15, -0.1) is 0 Å². The number of carboxylic acid groups (broad SMARTS) is 1. The van der Waals surface area contributed by atoms with E-state index in [0.717, 1.165) is 24.6 Å². The molecule has 1 aliphatic rings. The van der Waals surface area contributed by atoms with E-state index in [4.69, 9.17) is 5.11 Å². The van der Waals surface area contributed by atoms with Gasteiger partial charge in [-0.05, 0) is 30.2 Å². The number of benzene rings is 1. The molecule has 0 spiro atoms. The third kappa shape index (κ3) is 4.68. The van der Waals surface area contributed by atoms with Crippen molar-refractivity contribution in [2.75, 3.05) is 19.6 Å². The first kappa shape index (κ1) is 15.2. The fraction of sp³-hybridized carbons (Fsp3) is 0.333. The molecule has 1 aliphatic heterocycles. The molecule has 1 aromatic carbocycles. The monoisotopic (exact) mass is 292 g/mol. The highest BCUT2D eigenvalue weighted by Crippen LogP contribution is 2.15. The van der Waals surface area contributed by atoms with Crippen molar-refractivity contribution in [2.24, 2.45) is 0 Å². The summed E-state index contributed by atoms with van der Waals surface area (Å²) in [4.78, 5) is 24.0. The molecule has 6 heteroatoms. The Morgan fingerprint density at radius 2 is 2.29 bits per heavy atom. The summed E-state index contributed by atoms with van der Waals surface area (Å²) < 4.78 is 13.6. The van der Waals surface area contributed by atoms with E-state index < -0.39 is 11.8 Å². The van der Waals surface area contributed by atoms with Gasteiger partial charge in [0.05, 0.1) is 6.54 Å². The number of hydrogen-bond donors (Lipinski definition) is 2. The minimum Gasteiger partial charge on any atom is -0.478 e. The first-order chi connectivity index (χ1) is 10.0. The zero-order valence-corrected chi connectivity index (χ0v) is 11.5. The van der Waals surface area contributed by atoms with Crippen LogP contribution in [0.4, 0.5) is 4.39 Å². The molecule has 1 aromatic rings. The van der Waals surface area contributed by atoms with Gasteiger partial charge < -0.3 is 10.4 Å². The van der Waals surface area contributed by atoms with Crippen molar-refractivity contribution < 1.29 is 19.1 Å². The molecule has 2 N–H and O–H groups in total. The number of aliphatic carboxylic acids is 1. The maximum Gasteiger partial charge on any atom is 0.328 e. The molecule has 112 valence electrons. The topological polar surface area (TPSA) is 69.6 Å². The number of nitrogens with zero attached hydrogens (tertiary/aromatic N) is 1. The second kappa shape index (κ2) is 6.99. The summed E-state index contributed by atoms with van der Waals surface area (Å²) in [5.41, 5.74) is 1.07. The fourth-order valence-corrected chi connectivity index (χ4v) is 2.24. The third-order valence-corrected chi connectivity index (χ3v) is 3.21. The molecule has 0 atom stereocenters. The fourth-order valence-electron chi connectivity index (χ4n) is 2.24. The van der Waals surface area contributed by atoms with Crippen LogP contribution in [0.5, 0.6) is 0 Å². The van der Waals surface area contributed by atoms with Gasteiger partial charge in [0.2, 0.25) is 5.91 Å². The quantitative estimate of drug-likeness (QED) is 0.819. The zero-order valence-electron chi connectivity index (χ0n) is 11.5. The second-order valence-corrected chi connectivity index (χ2v) is 4.94. The van der Waals surface area contributed by atoms with Crippen molar-refractivity contribution in [2.45, 2.75) is 13.0 Å². The first-order valence-corrected chi connectivity index (χ1v) is 6.73. The van der Waals surface area contributed by atoms with Crippen molar-refractivity contribution in [1.29, 1.82) is 0 Å². The van der Waals surface area contributed by atoms with E-state index in [0.29, 0.717) is 19.6 Å². The predicted octanol–water partition coefficient (Wildman–Crippen LogP) is 1.25. The van der Waals surface area contributed by atoms with E-state index in [-0.39, 0.29) is 11.5 Å². The summed E-state index contributed by atoms with van der Waals surface area (Å²) in [6, 6.07) is 4.57. The lowest BCUT2D eigenvalue weighted by molar-refractivity contribution is -0.131. The van der Waals surface area contributed by atoms with Crippen LogP contribution in [0.2, 0.25) is 0 Å². The van der Waals surface area contributed by atoms with Gasteiger partial charge in [0.25, 0.3) is 0 Å². The lowest BCUT2D eigenvalue weighted by Crippen LogP contribution is -2.32. The Balaban J connectivity index is 2.11. The molecular weight excluding hydrogens is 275 g/mol. The predicted molar refractivity (Wildman–Crippen MR) is 76.0 cm³/mol. The number of hydrogen-bond acceptors (Lipinski definition) is 3. The Hall–Kier alpha value is -2.21. The van der Waals surface area contributed by atoms with Gasteiger partial charge >= 0.3 is 5.97 Å². The summed E-state index contributed by atoms with van der Waals surface area (Å²) >= 11 is 0. The molecule has 1 fully saturated rings. The minimum absolute atomic E-state index is 0.0133. The molecule has 1 amide bonds. The number of amides is 1. The molecule has 0 aromatic heterocycles. The lowest BCUT2D eigenvalue weighted by Gasteiger charge is -2.18. The molecule has 0 bridgehead atoms. The molecule has 0 aliphatic carbocycles. The molecule has 5 nitrogen and oxygen atoms in total. The Labute approximate surface area is 122 Å². The van der Waals surface area contributed by atoms with E-state index in [1.54, 1.807) is 12.1 Å². The summed E-state index contributed by atoms with van der Waals surface area (Å²) in [6.07, 6.45) is 3.01. The summed E-state index contributed by atoms with van der Waals surface area (Å²) in [6.45, 7) is 2.31. The van der Waals surface area contributed by atoms with Crippen LogP contribution in [0.1, 0.15) is 17.5 Å². The number of nitrogens with one attached hydrogen (secondary N) is 1. The molecule has 0 saturated carbocycles. The van der Waals surface area contributed by atoms with Crippen molar-refractivity contribution in [1.82, 2.24) is 10.2 Å². The van der Waals surface area contributed by atoms with Crippen LogP contribution in [-0.2, 0) is 16.1 Å². The first-order valence-electron chi connectivity index (χ1n) is 6.73. The van der Waals surface area contributed by atoms with E-state index in [1.165, 1.54) is 12.1 Å². The van der Waals surface area contributed by atoms with Crippen molar-refractivity contribution >= 4 is 18.0 Å². The highest BCUT2D eigenvalue weighted by atomic mass is 19.1. The Morgan fingerprint density at radius 3 is 3.05 bits per heavy atom.